The summed E-state index contributed by atoms with van der Waals surface area (Å²) in [6.07, 6.45) is 0.388. The highest BCUT2D eigenvalue weighted by Gasteiger charge is 2.69. The molecule has 0 radical (unpaired) electrons. The first-order valence-electron chi connectivity index (χ1n) is 8.89. The molecule has 1 aliphatic carbocycles. The molecule has 3 rings (SSSR count). The van der Waals surface area contributed by atoms with Gasteiger partial charge < -0.3 is 9.47 Å². The number of hydrogen-bond donors (Lipinski definition) is 0. The van der Waals surface area contributed by atoms with Crippen LogP contribution < -0.4 is 0 Å². The number of hydrogen-bond acceptors (Lipinski definition) is 5. The van der Waals surface area contributed by atoms with Crippen molar-refractivity contribution in [2.75, 3.05) is 14.2 Å². The first kappa shape index (κ1) is 19.5. The molecule has 0 N–H and O–H groups in total. The summed E-state index contributed by atoms with van der Waals surface area (Å²) in [6, 6.07) is 18.4. The molecule has 7 heteroatoms. The van der Waals surface area contributed by atoms with Crippen molar-refractivity contribution in [3.8, 4) is 0 Å². The van der Waals surface area contributed by atoms with Crippen molar-refractivity contribution in [3.63, 3.8) is 0 Å². The molecule has 0 bridgehead atoms. The normalized spacial score (nSPS) is 22.7. The fourth-order valence-electron chi connectivity index (χ4n) is 4.38. The molecule has 28 heavy (non-hydrogen) atoms. The third-order valence-electron chi connectivity index (χ3n) is 5.61. The number of esters is 2. The average Bonchev–Trinajstić information content (AvgIpc) is 3.11. The smallest absolute Gasteiger partial charge is 0.324 e. The largest absolute Gasteiger partial charge is 0.468 e. The summed E-state index contributed by atoms with van der Waals surface area (Å²) in [7, 11) is 2.43. The molecular weight excluding hydrogens is 358 g/mol. The van der Waals surface area contributed by atoms with Gasteiger partial charge in [0.25, 0.3) is 0 Å². The Bertz CT molecular complexity index is 894. The Labute approximate surface area is 162 Å². The summed E-state index contributed by atoms with van der Waals surface area (Å²) in [6.45, 7) is 0. The van der Waals surface area contributed by atoms with E-state index in [1.165, 1.54) is 14.2 Å². The lowest BCUT2D eigenvalue weighted by atomic mass is 9.68. The van der Waals surface area contributed by atoms with E-state index in [0.29, 0.717) is 5.56 Å². The summed E-state index contributed by atoms with van der Waals surface area (Å²) in [5.74, 6) is -1.74. The van der Waals surface area contributed by atoms with Gasteiger partial charge >= 0.3 is 11.9 Å². The van der Waals surface area contributed by atoms with Crippen molar-refractivity contribution in [3.05, 3.63) is 82.2 Å². The van der Waals surface area contributed by atoms with Crippen molar-refractivity contribution < 1.29 is 19.1 Å². The van der Waals surface area contributed by atoms with E-state index in [1.54, 1.807) is 24.3 Å². The zero-order valence-corrected chi connectivity index (χ0v) is 15.7. The molecule has 0 heterocycles. The molecule has 0 unspecified atom stereocenters. The molecule has 1 aliphatic rings. The van der Waals surface area contributed by atoms with Gasteiger partial charge in [0.1, 0.15) is 5.54 Å². The van der Waals surface area contributed by atoms with E-state index in [9.17, 15) is 15.1 Å². The first-order valence-corrected chi connectivity index (χ1v) is 8.89. The summed E-state index contributed by atoms with van der Waals surface area (Å²) in [5, 5.41) is 4.07. The minimum absolute atomic E-state index is 0.115. The number of carbonyl (C=O) groups is 2. The van der Waals surface area contributed by atoms with Crippen LogP contribution in [0.5, 0.6) is 0 Å². The summed E-state index contributed by atoms with van der Waals surface area (Å²) < 4.78 is 10.1. The van der Waals surface area contributed by atoms with E-state index in [-0.39, 0.29) is 18.8 Å². The Hall–Kier alpha value is -3.31. The number of ether oxygens (including phenoxy) is 2. The first-order chi connectivity index (χ1) is 13.6. The second kappa shape index (κ2) is 7.74. The van der Waals surface area contributed by atoms with Crippen LogP contribution in [-0.2, 0) is 24.6 Å². The van der Waals surface area contributed by atoms with E-state index in [4.69, 9.17) is 9.47 Å². The van der Waals surface area contributed by atoms with E-state index in [0.717, 1.165) is 5.56 Å². The minimum atomic E-state index is -1.79. The number of azide groups is 1. The van der Waals surface area contributed by atoms with Crippen LogP contribution in [0.3, 0.4) is 0 Å². The maximum Gasteiger partial charge on any atom is 0.324 e. The molecule has 2 atom stereocenters. The second-order valence-electron chi connectivity index (χ2n) is 6.82. The van der Waals surface area contributed by atoms with E-state index < -0.39 is 22.9 Å². The molecule has 0 amide bonds. The molecule has 1 fully saturated rings. The molecule has 144 valence electrons. The van der Waals surface area contributed by atoms with Crippen LogP contribution in [-0.4, -0.2) is 26.2 Å². The van der Waals surface area contributed by atoms with Crippen LogP contribution in [0.4, 0.5) is 0 Å². The number of rotatable bonds is 5. The van der Waals surface area contributed by atoms with Crippen molar-refractivity contribution in [1.29, 1.82) is 0 Å². The van der Waals surface area contributed by atoms with Crippen molar-refractivity contribution >= 4 is 11.9 Å². The number of nitrogens with zero attached hydrogens (tertiary/aromatic N) is 3. The molecule has 0 aromatic heterocycles. The highest BCUT2D eigenvalue weighted by Crippen LogP contribution is 2.61. The van der Waals surface area contributed by atoms with Gasteiger partial charge in [0.15, 0.2) is 5.41 Å². The quantitative estimate of drug-likeness (QED) is 0.256. The summed E-state index contributed by atoms with van der Waals surface area (Å²) in [5.41, 5.74) is 7.67. The predicted molar refractivity (Wildman–Crippen MR) is 102 cm³/mol. The van der Waals surface area contributed by atoms with Gasteiger partial charge in [-0.1, -0.05) is 65.8 Å². The lowest BCUT2D eigenvalue weighted by molar-refractivity contribution is -0.173. The maximum absolute atomic E-state index is 13.1. The van der Waals surface area contributed by atoms with Gasteiger partial charge in [-0.05, 0) is 35.4 Å². The Kier molecular flexibility index (Phi) is 5.38. The van der Waals surface area contributed by atoms with Crippen LogP contribution in [0.15, 0.2) is 65.8 Å². The summed E-state index contributed by atoms with van der Waals surface area (Å²) >= 11 is 0. The monoisotopic (exact) mass is 379 g/mol. The number of benzene rings is 2. The van der Waals surface area contributed by atoms with Crippen LogP contribution in [0.25, 0.3) is 10.4 Å². The molecule has 0 aliphatic heterocycles. The van der Waals surface area contributed by atoms with Gasteiger partial charge in [0, 0.05) is 4.91 Å². The lowest BCUT2D eigenvalue weighted by Gasteiger charge is -2.38. The number of carbonyl (C=O) groups excluding carboxylic acids is 2. The Morgan fingerprint density at radius 1 is 0.964 bits per heavy atom. The van der Waals surface area contributed by atoms with Gasteiger partial charge in [-0.2, -0.15) is 0 Å². The van der Waals surface area contributed by atoms with Gasteiger partial charge in [0.2, 0.25) is 0 Å². The highest BCUT2D eigenvalue weighted by atomic mass is 16.5. The highest BCUT2D eigenvalue weighted by molar-refractivity contribution is 6.02. The number of methoxy groups -OCH3 is 2. The molecule has 2 aromatic rings. The second-order valence-corrected chi connectivity index (χ2v) is 6.82. The van der Waals surface area contributed by atoms with Crippen molar-refractivity contribution in [2.45, 2.75) is 24.3 Å². The third-order valence-corrected chi connectivity index (χ3v) is 5.61. The van der Waals surface area contributed by atoms with Crippen LogP contribution >= 0.6 is 0 Å². The third kappa shape index (κ3) is 2.80. The molecular formula is C21H21N3O4. The molecule has 1 saturated carbocycles. The molecule has 0 saturated heterocycles. The fraction of sp³-hybridized carbons (Fsp3) is 0.333. The zero-order chi connectivity index (χ0) is 20.2. The van der Waals surface area contributed by atoms with Gasteiger partial charge in [-0.25, -0.2) is 0 Å². The van der Waals surface area contributed by atoms with Crippen LogP contribution in [0.1, 0.15) is 29.9 Å². The summed E-state index contributed by atoms with van der Waals surface area (Å²) in [4.78, 5) is 29.2. The lowest BCUT2D eigenvalue weighted by Crippen LogP contribution is -2.52. The van der Waals surface area contributed by atoms with Crippen LogP contribution in [0, 0.1) is 5.41 Å². The molecule has 7 nitrogen and oxygen atoms in total. The maximum atomic E-state index is 13.1. The average molecular weight is 379 g/mol. The van der Waals surface area contributed by atoms with E-state index >= 15 is 0 Å². The van der Waals surface area contributed by atoms with Crippen LogP contribution in [0.2, 0.25) is 0 Å². The van der Waals surface area contributed by atoms with Gasteiger partial charge in [-0.3, -0.25) is 9.59 Å². The van der Waals surface area contributed by atoms with Gasteiger partial charge in [0.05, 0.1) is 14.2 Å². The fourth-order valence-corrected chi connectivity index (χ4v) is 4.38. The predicted octanol–water partition coefficient (Wildman–Crippen LogP) is 4.10. The topological polar surface area (TPSA) is 101 Å². The molecule has 0 spiro atoms. The van der Waals surface area contributed by atoms with Gasteiger partial charge in [-0.15, -0.1) is 0 Å². The Morgan fingerprint density at radius 3 is 2.00 bits per heavy atom. The Morgan fingerprint density at radius 2 is 1.50 bits per heavy atom. The van der Waals surface area contributed by atoms with Crippen molar-refractivity contribution in [1.82, 2.24) is 0 Å². The Balaban J connectivity index is 2.32. The minimum Gasteiger partial charge on any atom is -0.468 e. The van der Waals surface area contributed by atoms with E-state index in [2.05, 4.69) is 10.0 Å². The standard InChI is InChI=1S/C21H21N3O4/c1-27-18(25)20(19(26)28-2)13-16(15-9-5-3-6-10-15)14-21(20,23-24-22)17-11-7-4-8-12-17/h3-12,16H,13-14H2,1-2H3/t16-,21+/m1/s1. The van der Waals surface area contributed by atoms with Crippen molar-refractivity contribution in [2.24, 2.45) is 10.5 Å². The zero-order valence-electron chi connectivity index (χ0n) is 15.7. The molecule has 2 aromatic carbocycles. The SMILES string of the molecule is COC(=O)C1(C(=O)OC)C[C@@H](c2ccccc2)C[C@]1(N=[N+]=[N-])c1ccccc1. The van der Waals surface area contributed by atoms with E-state index in [1.807, 2.05) is 36.4 Å².